The lowest BCUT2D eigenvalue weighted by Gasteiger charge is -2.20. The van der Waals surface area contributed by atoms with Crippen molar-refractivity contribution in [3.8, 4) is 5.75 Å². The number of benzene rings is 3. The summed E-state index contributed by atoms with van der Waals surface area (Å²) >= 11 is 6.05. The number of carbonyl (C=O) groups is 1. The molecule has 0 bridgehead atoms. The molecule has 1 aliphatic heterocycles. The fourth-order valence-corrected chi connectivity index (χ4v) is 6.98. The maximum atomic E-state index is 13.2. The van der Waals surface area contributed by atoms with Crippen molar-refractivity contribution in [2.24, 2.45) is 0 Å². The highest BCUT2D eigenvalue weighted by Gasteiger charge is 2.27. The highest BCUT2D eigenvalue weighted by Crippen LogP contribution is 2.28. The normalized spacial score (nSPS) is 14.9. The Morgan fingerprint density at radius 2 is 1.50 bits per heavy atom. The van der Waals surface area contributed by atoms with Gasteiger partial charge >= 0.3 is 0 Å². The van der Waals surface area contributed by atoms with Gasteiger partial charge in [-0.3, -0.25) is 9.52 Å². The number of hydrogen-bond acceptors (Lipinski definition) is 6. The van der Waals surface area contributed by atoms with Gasteiger partial charge in [0.2, 0.25) is 10.0 Å². The molecular weight excluding hydrogens is 550 g/mol. The van der Waals surface area contributed by atoms with E-state index in [4.69, 9.17) is 16.3 Å². The average Bonchev–Trinajstić information content (AvgIpc) is 3.20. The van der Waals surface area contributed by atoms with Crippen molar-refractivity contribution < 1.29 is 26.4 Å². The van der Waals surface area contributed by atoms with Gasteiger partial charge in [0.25, 0.3) is 15.9 Å². The SMILES string of the molecule is COc1ccc(S(=O)(=O)N2CCCCCC2)cc1C(=O)Nc1ccc(S(=O)(=O)Nc2ccccc2Cl)cc1. The molecule has 1 heterocycles. The molecule has 2 N–H and O–H groups in total. The van der Waals surface area contributed by atoms with Crippen molar-refractivity contribution in [3.63, 3.8) is 0 Å². The van der Waals surface area contributed by atoms with Crippen molar-refractivity contribution in [2.75, 3.05) is 30.2 Å². The third-order valence-electron chi connectivity index (χ3n) is 6.16. The molecule has 4 rings (SSSR count). The molecule has 1 amide bonds. The minimum Gasteiger partial charge on any atom is -0.496 e. The topological polar surface area (TPSA) is 122 Å². The van der Waals surface area contributed by atoms with Gasteiger partial charge in [0, 0.05) is 18.8 Å². The molecule has 0 radical (unpaired) electrons. The van der Waals surface area contributed by atoms with Crippen LogP contribution >= 0.6 is 11.6 Å². The summed E-state index contributed by atoms with van der Waals surface area (Å²) in [5.74, 6) is -0.389. The molecule has 12 heteroatoms. The minimum absolute atomic E-state index is 0.0115. The Bertz CT molecular complexity index is 1520. The van der Waals surface area contributed by atoms with Gasteiger partial charge in [-0.2, -0.15) is 4.31 Å². The number of nitrogens with zero attached hydrogens (tertiary/aromatic N) is 1. The maximum absolute atomic E-state index is 13.2. The van der Waals surface area contributed by atoms with Crippen LogP contribution in [0, 0.1) is 0 Å². The van der Waals surface area contributed by atoms with Crippen LogP contribution in [0.4, 0.5) is 11.4 Å². The van der Waals surface area contributed by atoms with E-state index in [2.05, 4.69) is 10.0 Å². The van der Waals surface area contributed by atoms with Crippen molar-refractivity contribution >= 4 is 48.9 Å². The number of methoxy groups -OCH3 is 1. The molecule has 3 aromatic rings. The third-order valence-corrected chi connectivity index (χ3v) is 9.76. The lowest BCUT2D eigenvalue weighted by atomic mass is 10.2. The second-order valence-corrected chi connectivity index (χ2v) is 12.8. The first-order valence-electron chi connectivity index (χ1n) is 12.0. The van der Waals surface area contributed by atoms with Gasteiger partial charge in [0.05, 0.1) is 33.2 Å². The number of carbonyl (C=O) groups excluding carboxylic acids is 1. The molecule has 0 unspecified atom stereocenters. The summed E-state index contributed by atoms with van der Waals surface area (Å²) in [6, 6.07) is 16.2. The summed E-state index contributed by atoms with van der Waals surface area (Å²) in [6.45, 7) is 0.882. The highest BCUT2D eigenvalue weighted by molar-refractivity contribution is 7.92. The number of sulfonamides is 2. The number of rotatable bonds is 8. The summed E-state index contributed by atoms with van der Waals surface area (Å²) in [6.07, 6.45) is 3.56. The minimum atomic E-state index is -3.92. The molecule has 9 nitrogen and oxygen atoms in total. The van der Waals surface area contributed by atoms with Gasteiger partial charge in [-0.25, -0.2) is 16.8 Å². The van der Waals surface area contributed by atoms with Crippen LogP contribution in [0.5, 0.6) is 5.75 Å². The summed E-state index contributed by atoms with van der Waals surface area (Å²) < 4.78 is 61.1. The zero-order valence-corrected chi connectivity index (χ0v) is 23.1. The molecule has 202 valence electrons. The Morgan fingerprint density at radius 3 is 2.13 bits per heavy atom. The predicted octanol–water partition coefficient (Wildman–Crippen LogP) is 4.97. The zero-order valence-electron chi connectivity index (χ0n) is 20.7. The van der Waals surface area contributed by atoms with E-state index in [-0.39, 0.29) is 31.8 Å². The van der Waals surface area contributed by atoms with Crippen LogP contribution in [0.15, 0.2) is 76.5 Å². The quantitative estimate of drug-likeness (QED) is 0.390. The van der Waals surface area contributed by atoms with Crippen LogP contribution < -0.4 is 14.8 Å². The third kappa shape index (κ3) is 6.29. The molecular formula is C26H28ClN3O6S2. The number of halogens is 1. The number of para-hydroxylation sites is 1. The second-order valence-electron chi connectivity index (χ2n) is 8.74. The molecule has 1 aliphatic rings. The van der Waals surface area contributed by atoms with E-state index in [1.807, 2.05) is 0 Å². The van der Waals surface area contributed by atoms with E-state index in [1.165, 1.54) is 53.9 Å². The van der Waals surface area contributed by atoms with Crippen LogP contribution in [-0.4, -0.2) is 47.2 Å². The van der Waals surface area contributed by atoms with Gasteiger partial charge in [-0.05, 0) is 67.4 Å². The smallest absolute Gasteiger partial charge is 0.261 e. The Hall–Kier alpha value is -3.12. The van der Waals surface area contributed by atoms with Crippen molar-refractivity contribution in [2.45, 2.75) is 35.5 Å². The molecule has 1 saturated heterocycles. The second kappa shape index (κ2) is 11.7. The molecule has 0 aromatic heterocycles. The number of anilines is 2. The van der Waals surface area contributed by atoms with E-state index in [0.717, 1.165) is 25.7 Å². The first kappa shape index (κ1) is 27.9. The lowest BCUT2D eigenvalue weighted by Crippen LogP contribution is -2.32. The fraction of sp³-hybridized carbons (Fsp3) is 0.269. The van der Waals surface area contributed by atoms with Gasteiger partial charge in [0.15, 0.2) is 0 Å². The molecule has 0 atom stereocenters. The van der Waals surface area contributed by atoms with E-state index in [1.54, 1.807) is 24.3 Å². The standard InChI is InChI=1S/C26H28ClN3O6S2/c1-36-25-15-14-21(38(34,35)30-16-6-2-3-7-17-30)18-22(25)26(31)28-19-10-12-20(13-11-19)37(32,33)29-24-9-5-4-8-23(24)27/h4-5,8-15,18,29H,2-3,6-7,16-17H2,1H3,(H,28,31). The molecule has 0 saturated carbocycles. The Labute approximate surface area is 227 Å². The van der Waals surface area contributed by atoms with Crippen molar-refractivity contribution in [1.29, 1.82) is 0 Å². The van der Waals surface area contributed by atoms with E-state index < -0.39 is 26.0 Å². The van der Waals surface area contributed by atoms with Gasteiger partial charge < -0.3 is 10.1 Å². The monoisotopic (exact) mass is 577 g/mol. The van der Waals surface area contributed by atoms with Crippen molar-refractivity contribution in [1.82, 2.24) is 4.31 Å². The lowest BCUT2D eigenvalue weighted by molar-refractivity contribution is 0.102. The first-order valence-corrected chi connectivity index (χ1v) is 15.3. The number of nitrogens with one attached hydrogen (secondary N) is 2. The van der Waals surface area contributed by atoms with E-state index in [0.29, 0.717) is 18.8 Å². The van der Waals surface area contributed by atoms with Gasteiger partial charge in [0.1, 0.15) is 5.75 Å². The van der Waals surface area contributed by atoms with Crippen LogP contribution in [0.1, 0.15) is 36.0 Å². The largest absolute Gasteiger partial charge is 0.496 e. The van der Waals surface area contributed by atoms with Crippen LogP contribution in [-0.2, 0) is 20.0 Å². The first-order chi connectivity index (χ1) is 18.1. The maximum Gasteiger partial charge on any atom is 0.261 e. The van der Waals surface area contributed by atoms with Gasteiger partial charge in [-0.1, -0.05) is 36.6 Å². The molecule has 1 fully saturated rings. The Morgan fingerprint density at radius 1 is 0.868 bits per heavy atom. The molecule has 3 aromatic carbocycles. The highest BCUT2D eigenvalue weighted by atomic mass is 35.5. The average molecular weight is 578 g/mol. The summed E-state index contributed by atoms with van der Waals surface area (Å²) in [4.78, 5) is 13.1. The summed E-state index contributed by atoms with van der Waals surface area (Å²) in [5.41, 5.74) is 0.601. The van der Waals surface area contributed by atoms with Crippen LogP contribution in [0.2, 0.25) is 5.02 Å². The predicted molar refractivity (Wildman–Crippen MR) is 147 cm³/mol. The van der Waals surface area contributed by atoms with Crippen LogP contribution in [0.3, 0.4) is 0 Å². The number of amides is 1. The van der Waals surface area contributed by atoms with Crippen LogP contribution in [0.25, 0.3) is 0 Å². The molecule has 0 aliphatic carbocycles. The summed E-state index contributed by atoms with van der Waals surface area (Å²) in [7, 11) is -6.30. The number of ether oxygens (including phenoxy) is 1. The van der Waals surface area contributed by atoms with E-state index >= 15 is 0 Å². The van der Waals surface area contributed by atoms with Crippen molar-refractivity contribution in [3.05, 3.63) is 77.3 Å². The molecule has 38 heavy (non-hydrogen) atoms. The Balaban J connectivity index is 1.53. The van der Waals surface area contributed by atoms with E-state index in [9.17, 15) is 21.6 Å². The summed E-state index contributed by atoms with van der Waals surface area (Å²) in [5, 5.41) is 2.93. The molecule has 0 spiro atoms. The number of hydrogen-bond donors (Lipinski definition) is 2. The Kier molecular flexibility index (Phi) is 8.61. The zero-order chi connectivity index (χ0) is 27.3. The fourth-order valence-electron chi connectivity index (χ4n) is 4.12. The van der Waals surface area contributed by atoms with Gasteiger partial charge in [-0.15, -0.1) is 0 Å².